The molecule has 2 fully saturated rings. The number of carbonyl (C=O) groups excluding carboxylic acids is 2. The topological polar surface area (TPSA) is 63.0 Å². The van der Waals surface area contributed by atoms with Crippen LogP contribution in [0.3, 0.4) is 0 Å². The zero-order valence-corrected chi connectivity index (χ0v) is 17.5. The van der Waals surface area contributed by atoms with E-state index in [0.29, 0.717) is 19.6 Å². The molecule has 2 aromatic rings. The van der Waals surface area contributed by atoms with Gasteiger partial charge in [0, 0.05) is 25.7 Å². The van der Waals surface area contributed by atoms with Crippen molar-refractivity contribution >= 4 is 11.8 Å². The number of carbonyl (C=O) groups is 2. The second-order valence-corrected chi connectivity index (χ2v) is 8.84. The molecular weight excluding hydrogens is 380 g/mol. The summed E-state index contributed by atoms with van der Waals surface area (Å²) in [6, 6.07) is 8.12. The summed E-state index contributed by atoms with van der Waals surface area (Å²) in [4.78, 5) is 30.2. The van der Waals surface area contributed by atoms with E-state index in [1.807, 2.05) is 23.1 Å². The van der Waals surface area contributed by atoms with Crippen LogP contribution in [0.1, 0.15) is 22.3 Å². The van der Waals surface area contributed by atoms with Crippen LogP contribution in [0.5, 0.6) is 0 Å². The Morgan fingerprint density at radius 2 is 2.07 bits per heavy atom. The van der Waals surface area contributed by atoms with Crippen molar-refractivity contribution in [3.05, 3.63) is 71.2 Å². The van der Waals surface area contributed by atoms with Crippen molar-refractivity contribution in [2.24, 2.45) is 11.8 Å². The standard InChI is InChI=1S/C24H26N2O4/c1-15-4-5-17(10-16(15)2)12-26-14-24-8-6-19(30-24)20(21(24)23(26)28)22(27)25(3)11-18-7-9-29-13-18/h4-10,13,19-21H,11-12,14H2,1-3H3/t19-,20+,21-,24-/m0/s1. The van der Waals surface area contributed by atoms with Crippen LogP contribution in [0.25, 0.3) is 0 Å². The zero-order valence-electron chi connectivity index (χ0n) is 17.5. The normalized spacial score (nSPS) is 29.0. The predicted molar refractivity (Wildman–Crippen MR) is 110 cm³/mol. The number of hydrogen-bond donors (Lipinski definition) is 0. The van der Waals surface area contributed by atoms with Crippen LogP contribution in [0.15, 0.2) is 53.4 Å². The molecular formula is C24H26N2O4. The third-order valence-corrected chi connectivity index (χ3v) is 6.78. The van der Waals surface area contributed by atoms with Gasteiger partial charge < -0.3 is 19.0 Å². The maximum atomic E-state index is 13.4. The van der Waals surface area contributed by atoms with Crippen molar-refractivity contribution in [3.8, 4) is 0 Å². The predicted octanol–water partition coefficient (Wildman–Crippen LogP) is 2.84. The van der Waals surface area contributed by atoms with Crippen molar-refractivity contribution < 1.29 is 18.7 Å². The van der Waals surface area contributed by atoms with E-state index in [1.165, 1.54) is 11.1 Å². The molecule has 0 unspecified atom stereocenters. The van der Waals surface area contributed by atoms with Gasteiger partial charge in [-0.1, -0.05) is 30.4 Å². The Bertz CT molecular complexity index is 1030. The lowest BCUT2D eigenvalue weighted by Gasteiger charge is -2.27. The van der Waals surface area contributed by atoms with Crippen molar-refractivity contribution in [1.29, 1.82) is 0 Å². The lowest BCUT2D eigenvalue weighted by molar-refractivity contribution is -0.142. The average Bonchev–Trinajstić information content (AvgIpc) is 3.47. The summed E-state index contributed by atoms with van der Waals surface area (Å²) in [5.74, 6) is -0.989. The first-order valence-electron chi connectivity index (χ1n) is 10.4. The van der Waals surface area contributed by atoms with Gasteiger partial charge in [0.1, 0.15) is 5.60 Å². The number of nitrogens with zero attached hydrogens (tertiary/aromatic N) is 2. The van der Waals surface area contributed by atoms with Crippen LogP contribution < -0.4 is 0 Å². The third kappa shape index (κ3) is 2.89. The minimum Gasteiger partial charge on any atom is -0.472 e. The van der Waals surface area contributed by atoms with Gasteiger partial charge in [0.15, 0.2) is 0 Å². The molecule has 4 atom stereocenters. The first kappa shape index (κ1) is 19.1. The van der Waals surface area contributed by atoms with Crippen LogP contribution in [-0.2, 0) is 27.4 Å². The SMILES string of the molecule is Cc1ccc(CN2C[C@]34C=C[C@H](O3)[C@@H](C(=O)N(C)Cc3ccoc3)[C@H]4C2=O)cc1C. The summed E-state index contributed by atoms with van der Waals surface area (Å²) in [5, 5.41) is 0. The molecule has 0 radical (unpaired) electrons. The first-order valence-corrected chi connectivity index (χ1v) is 10.4. The maximum absolute atomic E-state index is 13.4. The molecule has 0 saturated carbocycles. The van der Waals surface area contributed by atoms with E-state index in [9.17, 15) is 9.59 Å². The molecule has 0 aliphatic carbocycles. The molecule has 4 heterocycles. The minimum atomic E-state index is -0.682. The van der Waals surface area contributed by atoms with Gasteiger partial charge in [-0.15, -0.1) is 0 Å². The second kappa shape index (κ2) is 6.84. The van der Waals surface area contributed by atoms with Crippen molar-refractivity contribution in [2.75, 3.05) is 13.6 Å². The fraction of sp³-hybridized carbons (Fsp3) is 0.417. The van der Waals surface area contributed by atoms with Gasteiger partial charge in [0.25, 0.3) is 0 Å². The molecule has 3 aliphatic heterocycles. The molecule has 6 heteroatoms. The number of benzene rings is 1. The van der Waals surface area contributed by atoms with Crippen molar-refractivity contribution in [3.63, 3.8) is 0 Å². The highest BCUT2D eigenvalue weighted by Crippen LogP contribution is 2.52. The summed E-state index contributed by atoms with van der Waals surface area (Å²) < 4.78 is 11.4. The minimum absolute atomic E-state index is 0.00939. The van der Waals surface area contributed by atoms with Crippen molar-refractivity contribution in [1.82, 2.24) is 9.80 Å². The smallest absolute Gasteiger partial charge is 0.230 e. The highest BCUT2D eigenvalue weighted by Gasteiger charge is 2.67. The molecule has 5 rings (SSSR count). The molecule has 1 spiro atoms. The summed E-state index contributed by atoms with van der Waals surface area (Å²) in [5.41, 5.74) is 3.79. The summed E-state index contributed by atoms with van der Waals surface area (Å²) in [6.45, 7) is 5.63. The van der Waals surface area contributed by atoms with Gasteiger partial charge >= 0.3 is 0 Å². The highest BCUT2D eigenvalue weighted by atomic mass is 16.5. The Labute approximate surface area is 176 Å². The quantitative estimate of drug-likeness (QED) is 0.717. The van der Waals surface area contributed by atoms with Crippen LogP contribution in [-0.4, -0.2) is 46.9 Å². The molecule has 2 saturated heterocycles. The summed E-state index contributed by atoms with van der Waals surface area (Å²) in [7, 11) is 1.77. The lowest BCUT2D eigenvalue weighted by atomic mass is 9.76. The van der Waals surface area contributed by atoms with E-state index in [-0.39, 0.29) is 17.9 Å². The summed E-state index contributed by atoms with van der Waals surface area (Å²) >= 11 is 0. The Morgan fingerprint density at radius 1 is 1.23 bits per heavy atom. The average molecular weight is 406 g/mol. The molecule has 1 aromatic carbocycles. The van der Waals surface area contributed by atoms with Gasteiger partial charge in [-0.3, -0.25) is 9.59 Å². The molecule has 1 aromatic heterocycles. The highest BCUT2D eigenvalue weighted by molar-refractivity contribution is 5.93. The Kier molecular flexibility index (Phi) is 4.36. The summed E-state index contributed by atoms with van der Waals surface area (Å²) in [6.07, 6.45) is 6.85. The van der Waals surface area contributed by atoms with Gasteiger partial charge in [0.2, 0.25) is 11.8 Å². The number of rotatable bonds is 5. The molecule has 2 bridgehead atoms. The molecule has 2 amide bonds. The fourth-order valence-corrected chi connectivity index (χ4v) is 5.11. The van der Waals surface area contributed by atoms with Crippen LogP contribution in [0.4, 0.5) is 0 Å². The van der Waals surface area contributed by atoms with E-state index in [0.717, 1.165) is 11.1 Å². The zero-order chi connectivity index (χ0) is 21.0. The molecule has 30 heavy (non-hydrogen) atoms. The van der Waals surface area contributed by atoms with Gasteiger partial charge in [-0.25, -0.2) is 0 Å². The fourth-order valence-electron chi connectivity index (χ4n) is 5.11. The van der Waals surface area contributed by atoms with E-state index in [4.69, 9.17) is 9.15 Å². The number of aryl methyl sites for hydroxylation is 2. The van der Waals surface area contributed by atoms with E-state index >= 15 is 0 Å². The second-order valence-electron chi connectivity index (χ2n) is 8.84. The monoisotopic (exact) mass is 406 g/mol. The number of furan rings is 1. The van der Waals surface area contributed by atoms with Crippen molar-refractivity contribution in [2.45, 2.75) is 38.6 Å². The third-order valence-electron chi connectivity index (χ3n) is 6.78. The van der Waals surface area contributed by atoms with E-state index in [1.54, 1.807) is 24.5 Å². The largest absolute Gasteiger partial charge is 0.472 e. The van der Waals surface area contributed by atoms with Crippen LogP contribution in [0, 0.1) is 25.7 Å². The number of hydrogen-bond acceptors (Lipinski definition) is 4. The van der Waals surface area contributed by atoms with Gasteiger partial charge in [0.05, 0.1) is 37.0 Å². The first-order chi connectivity index (χ1) is 14.4. The Balaban J connectivity index is 1.36. The molecule has 156 valence electrons. The Morgan fingerprint density at radius 3 is 2.80 bits per heavy atom. The number of amides is 2. The molecule has 3 aliphatic rings. The van der Waals surface area contributed by atoms with Crippen LogP contribution >= 0.6 is 0 Å². The number of ether oxygens (including phenoxy) is 1. The molecule has 6 nitrogen and oxygen atoms in total. The van der Waals surface area contributed by atoms with E-state index < -0.39 is 17.4 Å². The lowest BCUT2D eigenvalue weighted by Crippen LogP contribution is -2.44. The van der Waals surface area contributed by atoms with E-state index in [2.05, 4.69) is 32.0 Å². The van der Waals surface area contributed by atoms with Gasteiger partial charge in [-0.05, 0) is 36.6 Å². The Hall–Kier alpha value is -2.86. The van der Waals surface area contributed by atoms with Crippen LogP contribution in [0.2, 0.25) is 0 Å². The molecule has 0 N–H and O–H groups in total. The number of fused-ring (bicyclic) bond motifs is 1. The number of likely N-dealkylation sites (tertiary alicyclic amines) is 1. The maximum Gasteiger partial charge on any atom is 0.230 e. The van der Waals surface area contributed by atoms with Gasteiger partial charge in [-0.2, -0.15) is 0 Å².